The lowest BCUT2D eigenvalue weighted by Gasteiger charge is -2.34. The van der Waals surface area contributed by atoms with E-state index in [0.717, 1.165) is 49.2 Å². The van der Waals surface area contributed by atoms with Crippen LogP contribution < -0.4 is 11.1 Å². The normalized spacial score (nSPS) is 18.1. The largest absolute Gasteiger partial charge is 0.380 e. The average molecular weight is 349 g/mol. The number of carbonyl (C=O) groups excluding carboxylic acids is 1. The lowest BCUT2D eigenvalue weighted by Crippen LogP contribution is -2.42. The van der Waals surface area contributed by atoms with E-state index in [4.69, 9.17) is 5.73 Å². The number of benzene rings is 1. The number of piperidine rings is 1. The number of nitrogens with zero attached hydrogens (tertiary/aromatic N) is 2. The second kappa shape index (κ2) is 7.17. The lowest BCUT2D eigenvalue weighted by molar-refractivity contribution is 0.100. The molecular weight excluding hydrogens is 326 g/mol. The van der Waals surface area contributed by atoms with Crippen molar-refractivity contribution in [2.75, 3.05) is 18.4 Å². The minimum atomic E-state index is -0.458. The fraction of sp³-hybridized carbons (Fsp3) is 0.300. The number of fused-ring (bicyclic) bond motifs is 1. The van der Waals surface area contributed by atoms with Crippen LogP contribution in [0.15, 0.2) is 48.8 Å². The Bertz CT molecular complexity index is 905. The molecule has 1 aliphatic rings. The van der Waals surface area contributed by atoms with Crippen molar-refractivity contribution in [2.24, 2.45) is 5.73 Å². The Morgan fingerprint density at radius 2 is 2.15 bits per heavy atom. The van der Waals surface area contributed by atoms with E-state index < -0.39 is 5.91 Å². The number of nitrogens with one attached hydrogen (secondary N) is 2. The summed E-state index contributed by atoms with van der Waals surface area (Å²) in [5.41, 5.74) is 8.88. The van der Waals surface area contributed by atoms with Crippen LogP contribution >= 0.6 is 0 Å². The summed E-state index contributed by atoms with van der Waals surface area (Å²) in [5.74, 6) is -0.458. The van der Waals surface area contributed by atoms with Crippen LogP contribution in [0.1, 0.15) is 28.8 Å². The van der Waals surface area contributed by atoms with E-state index in [9.17, 15) is 4.79 Å². The van der Waals surface area contributed by atoms with Crippen molar-refractivity contribution in [1.82, 2.24) is 14.9 Å². The van der Waals surface area contributed by atoms with Crippen molar-refractivity contribution in [3.8, 4) is 0 Å². The highest BCUT2D eigenvalue weighted by molar-refractivity contribution is 6.05. The number of aromatic amines is 1. The van der Waals surface area contributed by atoms with Crippen LogP contribution in [0.25, 0.3) is 11.0 Å². The molecular formula is C20H23N5O. The maximum atomic E-state index is 11.9. The van der Waals surface area contributed by atoms with Gasteiger partial charge < -0.3 is 16.0 Å². The monoisotopic (exact) mass is 349 g/mol. The smallest absolute Gasteiger partial charge is 0.252 e. The molecule has 6 nitrogen and oxygen atoms in total. The molecule has 0 spiro atoms. The van der Waals surface area contributed by atoms with Crippen LogP contribution in [0.4, 0.5) is 5.69 Å². The topological polar surface area (TPSA) is 87.0 Å². The van der Waals surface area contributed by atoms with Crippen LogP contribution in [-0.4, -0.2) is 39.9 Å². The van der Waals surface area contributed by atoms with Gasteiger partial charge in [-0.15, -0.1) is 0 Å². The van der Waals surface area contributed by atoms with Gasteiger partial charge in [0, 0.05) is 36.9 Å². The summed E-state index contributed by atoms with van der Waals surface area (Å²) in [6, 6.07) is 12.7. The summed E-state index contributed by atoms with van der Waals surface area (Å²) < 4.78 is 0. The Kier molecular flexibility index (Phi) is 4.58. The number of hydrogen-bond acceptors (Lipinski definition) is 4. The fourth-order valence-corrected chi connectivity index (χ4v) is 3.71. The maximum absolute atomic E-state index is 11.9. The Balaban J connectivity index is 1.53. The molecule has 0 unspecified atom stereocenters. The molecule has 0 aliphatic carbocycles. The first kappa shape index (κ1) is 16.6. The molecule has 1 saturated heterocycles. The molecule has 3 aromatic rings. The van der Waals surface area contributed by atoms with Crippen molar-refractivity contribution in [3.63, 3.8) is 0 Å². The quantitative estimate of drug-likeness (QED) is 0.661. The molecule has 1 fully saturated rings. The van der Waals surface area contributed by atoms with Crippen molar-refractivity contribution in [1.29, 1.82) is 0 Å². The molecule has 26 heavy (non-hydrogen) atoms. The van der Waals surface area contributed by atoms with E-state index in [1.54, 1.807) is 6.20 Å². The maximum Gasteiger partial charge on any atom is 0.252 e. The van der Waals surface area contributed by atoms with Gasteiger partial charge in [0.15, 0.2) is 0 Å². The van der Waals surface area contributed by atoms with Crippen molar-refractivity contribution >= 4 is 22.6 Å². The highest BCUT2D eigenvalue weighted by Gasteiger charge is 2.23. The number of amides is 1. The van der Waals surface area contributed by atoms with Gasteiger partial charge in [-0.05, 0) is 31.0 Å². The summed E-state index contributed by atoms with van der Waals surface area (Å²) in [6.45, 7) is 2.96. The predicted octanol–water partition coefficient (Wildman–Crippen LogP) is 2.74. The molecule has 2 aromatic heterocycles. The van der Waals surface area contributed by atoms with E-state index in [1.807, 2.05) is 18.3 Å². The molecule has 1 amide bonds. The first-order valence-corrected chi connectivity index (χ1v) is 8.99. The molecule has 1 aromatic carbocycles. The summed E-state index contributed by atoms with van der Waals surface area (Å²) in [6.07, 6.45) is 5.57. The lowest BCUT2D eigenvalue weighted by atomic mass is 10.0. The third-order valence-corrected chi connectivity index (χ3v) is 4.96. The molecule has 0 radical (unpaired) electrons. The van der Waals surface area contributed by atoms with Gasteiger partial charge in [-0.1, -0.05) is 30.3 Å². The molecule has 0 bridgehead atoms. The number of carbonyl (C=O) groups is 1. The summed E-state index contributed by atoms with van der Waals surface area (Å²) >= 11 is 0. The van der Waals surface area contributed by atoms with E-state index in [0.29, 0.717) is 5.56 Å². The number of nitrogens with two attached hydrogens (primary N) is 1. The number of pyridine rings is 1. The molecule has 4 N–H and O–H groups in total. The minimum absolute atomic E-state index is 0.270. The van der Waals surface area contributed by atoms with Crippen molar-refractivity contribution in [2.45, 2.75) is 25.4 Å². The van der Waals surface area contributed by atoms with Crippen LogP contribution in [0.5, 0.6) is 0 Å². The second-order valence-electron chi connectivity index (χ2n) is 6.86. The standard InChI is InChI=1S/C20H23N5O/c21-19(26)17-11-23-20-16(8-9-22-20)18(17)24-15-7-4-10-25(13-15)12-14-5-2-1-3-6-14/h1-3,5-6,8-9,11,15H,4,7,10,12-13H2,(H2,21,26)(H2,22,23,24)/t15-/m0/s1. The zero-order valence-corrected chi connectivity index (χ0v) is 14.6. The number of likely N-dealkylation sites (tertiary alicyclic amines) is 1. The third-order valence-electron chi connectivity index (χ3n) is 4.96. The second-order valence-corrected chi connectivity index (χ2v) is 6.86. The summed E-state index contributed by atoms with van der Waals surface area (Å²) in [4.78, 5) is 21.7. The molecule has 134 valence electrons. The van der Waals surface area contributed by atoms with Gasteiger partial charge in [0.25, 0.3) is 5.91 Å². The average Bonchev–Trinajstić information content (AvgIpc) is 3.12. The minimum Gasteiger partial charge on any atom is -0.380 e. The highest BCUT2D eigenvalue weighted by atomic mass is 16.1. The number of anilines is 1. The fourth-order valence-electron chi connectivity index (χ4n) is 3.71. The van der Waals surface area contributed by atoms with Crippen LogP contribution in [0, 0.1) is 0 Å². The summed E-state index contributed by atoms with van der Waals surface area (Å²) in [7, 11) is 0. The Morgan fingerprint density at radius 3 is 2.96 bits per heavy atom. The SMILES string of the molecule is NC(=O)c1cnc2[nH]ccc2c1N[C@H]1CCCN(Cc2ccccc2)C1. The molecule has 4 rings (SSSR count). The predicted molar refractivity (Wildman–Crippen MR) is 103 cm³/mol. The van der Waals surface area contributed by atoms with Gasteiger partial charge >= 0.3 is 0 Å². The van der Waals surface area contributed by atoms with Gasteiger partial charge in [-0.25, -0.2) is 4.98 Å². The first-order valence-electron chi connectivity index (χ1n) is 8.99. The number of rotatable bonds is 5. The van der Waals surface area contributed by atoms with Crippen molar-refractivity contribution < 1.29 is 4.79 Å². The van der Waals surface area contributed by atoms with E-state index >= 15 is 0 Å². The molecule has 6 heteroatoms. The van der Waals surface area contributed by atoms with Gasteiger partial charge in [-0.2, -0.15) is 0 Å². The van der Waals surface area contributed by atoms with Crippen LogP contribution in [-0.2, 0) is 6.54 Å². The van der Waals surface area contributed by atoms with E-state index in [1.165, 1.54) is 5.56 Å². The van der Waals surface area contributed by atoms with Crippen molar-refractivity contribution in [3.05, 3.63) is 59.9 Å². The van der Waals surface area contributed by atoms with Gasteiger partial charge in [0.05, 0.1) is 11.3 Å². The molecule has 1 atom stereocenters. The number of primary amides is 1. The third kappa shape index (κ3) is 3.41. The number of H-pyrrole nitrogens is 1. The summed E-state index contributed by atoms with van der Waals surface area (Å²) in [5, 5.41) is 4.48. The molecule has 1 aliphatic heterocycles. The van der Waals surface area contributed by atoms with Crippen LogP contribution in [0.2, 0.25) is 0 Å². The van der Waals surface area contributed by atoms with Gasteiger partial charge in [0.1, 0.15) is 5.65 Å². The zero-order chi connectivity index (χ0) is 17.9. The molecule has 0 saturated carbocycles. The first-order chi connectivity index (χ1) is 12.7. The van der Waals surface area contributed by atoms with E-state index in [-0.39, 0.29) is 6.04 Å². The number of aromatic nitrogens is 2. The Morgan fingerprint density at radius 1 is 1.31 bits per heavy atom. The Hall–Kier alpha value is -2.86. The molecule has 3 heterocycles. The van der Waals surface area contributed by atoms with Crippen LogP contribution in [0.3, 0.4) is 0 Å². The Labute approximate surface area is 152 Å². The zero-order valence-electron chi connectivity index (χ0n) is 14.6. The van der Waals surface area contributed by atoms with Gasteiger partial charge in [0.2, 0.25) is 0 Å². The van der Waals surface area contributed by atoms with Gasteiger partial charge in [-0.3, -0.25) is 9.69 Å². The van der Waals surface area contributed by atoms with E-state index in [2.05, 4.69) is 44.5 Å². The highest BCUT2D eigenvalue weighted by Crippen LogP contribution is 2.27. The number of hydrogen-bond donors (Lipinski definition) is 3.